The molecule has 0 bridgehead atoms. The van der Waals surface area contributed by atoms with Gasteiger partial charge in [0.05, 0.1) is 23.4 Å². The van der Waals surface area contributed by atoms with Gasteiger partial charge in [-0.15, -0.1) is 0 Å². The number of carbonyl (C=O) groups excluding carboxylic acids is 1. The number of Topliss-reactive ketones (excluding diaryl/α,β-unsaturated/α-hetero) is 1. The van der Waals surface area contributed by atoms with Crippen molar-refractivity contribution in [3.05, 3.63) is 17.5 Å². The fourth-order valence-electron chi connectivity index (χ4n) is 9.65. The van der Waals surface area contributed by atoms with Crippen LogP contribution in [0.2, 0.25) is 0 Å². The van der Waals surface area contributed by atoms with Crippen LogP contribution >= 0.6 is 0 Å². The molecule has 1 N–H and O–H groups in total. The molecule has 1 heterocycles. The maximum atomic E-state index is 13.7. The molecule has 0 aromatic carbocycles. The number of nitriles is 1. The number of aliphatic hydroxyl groups is 1. The maximum absolute atomic E-state index is 13.7. The van der Waals surface area contributed by atoms with Crippen LogP contribution in [0, 0.1) is 58.2 Å². The van der Waals surface area contributed by atoms with E-state index in [1.807, 2.05) is 6.92 Å². The van der Waals surface area contributed by atoms with Gasteiger partial charge in [0, 0.05) is 18.0 Å². The number of rotatable bonds is 4. The summed E-state index contributed by atoms with van der Waals surface area (Å²) in [6, 6.07) is 2.29. The zero-order valence-corrected chi connectivity index (χ0v) is 21.2. The van der Waals surface area contributed by atoms with Gasteiger partial charge in [-0.25, -0.2) is 0 Å². The van der Waals surface area contributed by atoms with E-state index in [-0.39, 0.29) is 11.3 Å². The fourth-order valence-corrected chi connectivity index (χ4v) is 9.65. The van der Waals surface area contributed by atoms with Gasteiger partial charge < -0.3 is 5.11 Å². The van der Waals surface area contributed by atoms with Crippen molar-refractivity contribution in [1.29, 1.82) is 5.26 Å². The summed E-state index contributed by atoms with van der Waals surface area (Å²) in [5.41, 5.74) is 1.19. The quantitative estimate of drug-likeness (QED) is 0.642. The Balaban J connectivity index is 1.20. The van der Waals surface area contributed by atoms with E-state index in [1.165, 1.54) is 25.7 Å². The molecule has 0 radical (unpaired) electrons. The molecule has 2 unspecified atom stereocenters. The molecule has 0 amide bonds. The maximum Gasteiger partial charge on any atom is 0.157 e. The third-order valence-corrected chi connectivity index (χ3v) is 11.1. The zero-order valence-electron chi connectivity index (χ0n) is 21.2. The molecular weight excluding hydrogens is 422 g/mol. The van der Waals surface area contributed by atoms with Crippen molar-refractivity contribution in [3.63, 3.8) is 0 Å². The fraction of sp³-hybridized carbons (Fsp3) is 0.828. The minimum Gasteiger partial charge on any atom is -0.390 e. The Kier molecular flexibility index (Phi) is 5.30. The molecule has 5 fully saturated rings. The van der Waals surface area contributed by atoms with Gasteiger partial charge in [0.1, 0.15) is 6.07 Å². The van der Waals surface area contributed by atoms with E-state index < -0.39 is 5.60 Å². The normalized spacial score (nSPS) is 45.7. The third-order valence-electron chi connectivity index (χ3n) is 11.1. The highest BCUT2D eigenvalue weighted by Gasteiger charge is 2.61. The van der Waals surface area contributed by atoms with Crippen LogP contribution in [0.15, 0.2) is 6.20 Å². The minimum absolute atomic E-state index is 0.0925. The molecule has 0 spiro atoms. The SMILES string of the molecule is CC1C[C@H](C(=O)Cn2cc(C#N)c(C3CC3)n2)[C@@]2(C)CC[C@H]3C(CC[C@@H]4C[C@](C)(O)CC[C@@H]43)[C@H]12. The summed E-state index contributed by atoms with van der Waals surface area (Å²) < 4.78 is 1.76. The second-order valence-corrected chi connectivity index (χ2v) is 13.4. The van der Waals surface area contributed by atoms with Gasteiger partial charge in [-0.1, -0.05) is 13.8 Å². The molecule has 5 saturated carbocycles. The molecule has 5 heteroatoms. The molecule has 5 nitrogen and oxygen atoms in total. The van der Waals surface area contributed by atoms with E-state index in [0.717, 1.165) is 62.0 Å². The summed E-state index contributed by atoms with van der Waals surface area (Å²) in [6.45, 7) is 7.19. The van der Waals surface area contributed by atoms with E-state index in [0.29, 0.717) is 41.6 Å². The molecule has 1 aromatic rings. The van der Waals surface area contributed by atoms with Gasteiger partial charge in [0.2, 0.25) is 0 Å². The van der Waals surface area contributed by atoms with Crippen LogP contribution in [0.5, 0.6) is 0 Å². The molecule has 9 atom stereocenters. The van der Waals surface area contributed by atoms with E-state index in [9.17, 15) is 15.2 Å². The topological polar surface area (TPSA) is 78.9 Å². The molecular formula is C29H41N3O2. The predicted octanol–water partition coefficient (Wildman–Crippen LogP) is 5.47. The number of hydrogen-bond acceptors (Lipinski definition) is 4. The lowest BCUT2D eigenvalue weighted by Crippen LogP contribution is -2.51. The highest BCUT2D eigenvalue weighted by molar-refractivity contribution is 5.82. The summed E-state index contributed by atoms with van der Waals surface area (Å²) in [5, 5.41) is 24.8. The highest BCUT2D eigenvalue weighted by Crippen LogP contribution is 2.66. The second-order valence-electron chi connectivity index (χ2n) is 13.4. The van der Waals surface area contributed by atoms with Crippen molar-refractivity contribution in [2.45, 2.75) is 103 Å². The van der Waals surface area contributed by atoms with Gasteiger partial charge in [-0.05, 0) is 112 Å². The van der Waals surface area contributed by atoms with Crippen LogP contribution < -0.4 is 0 Å². The lowest BCUT2D eigenvalue weighted by Gasteiger charge is -2.57. The van der Waals surface area contributed by atoms with E-state index in [2.05, 4.69) is 25.0 Å². The Morgan fingerprint density at radius 2 is 1.91 bits per heavy atom. The van der Waals surface area contributed by atoms with Crippen molar-refractivity contribution >= 4 is 5.78 Å². The van der Waals surface area contributed by atoms with Gasteiger partial charge in [-0.2, -0.15) is 10.4 Å². The summed E-state index contributed by atoms with van der Waals surface area (Å²) >= 11 is 0. The van der Waals surface area contributed by atoms with Crippen molar-refractivity contribution in [2.24, 2.45) is 46.8 Å². The summed E-state index contributed by atoms with van der Waals surface area (Å²) in [4.78, 5) is 13.7. The highest BCUT2D eigenvalue weighted by atomic mass is 16.3. The number of aromatic nitrogens is 2. The van der Waals surface area contributed by atoms with E-state index in [1.54, 1.807) is 10.9 Å². The Hall–Kier alpha value is -1.67. The van der Waals surface area contributed by atoms with Crippen molar-refractivity contribution in [2.75, 3.05) is 0 Å². The van der Waals surface area contributed by atoms with Gasteiger partial charge >= 0.3 is 0 Å². The summed E-state index contributed by atoms with van der Waals surface area (Å²) in [6.07, 6.45) is 13.1. The average Bonchev–Trinajstić information content (AvgIpc) is 3.49. The molecule has 34 heavy (non-hydrogen) atoms. The Morgan fingerprint density at radius 3 is 2.65 bits per heavy atom. The largest absolute Gasteiger partial charge is 0.390 e. The van der Waals surface area contributed by atoms with Crippen molar-refractivity contribution in [1.82, 2.24) is 9.78 Å². The predicted molar refractivity (Wildman–Crippen MR) is 130 cm³/mol. The Labute approximate surface area is 204 Å². The monoisotopic (exact) mass is 463 g/mol. The molecule has 0 saturated heterocycles. The lowest BCUT2D eigenvalue weighted by molar-refractivity contribution is -0.133. The third kappa shape index (κ3) is 3.58. The van der Waals surface area contributed by atoms with Crippen LogP contribution in [0.4, 0.5) is 0 Å². The van der Waals surface area contributed by atoms with Crippen LogP contribution in [0.3, 0.4) is 0 Å². The van der Waals surface area contributed by atoms with Crippen LogP contribution in [0.25, 0.3) is 0 Å². The summed E-state index contributed by atoms with van der Waals surface area (Å²) in [7, 11) is 0. The second kappa shape index (κ2) is 7.92. The number of nitrogens with zero attached hydrogens (tertiary/aromatic N) is 3. The summed E-state index contributed by atoms with van der Waals surface area (Å²) in [5.74, 6) is 5.08. The van der Waals surface area contributed by atoms with Gasteiger partial charge in [0.25, 0.3) is 0 Å². The van der Waals surface area contributed by atoms with Crippen LogP contribution in [-0.4, -0.2) is 26.3 Å². The molecule has 0 aliphatic heterocycles. The lowest BCUT2D eigenvalue weighted by atomic mass is 9.48. The Morgan fingerprint density at radius 1 is 1.15 bits per heavy atom. The Bertz CT molecular complexity index is 1020. The molecule has 6 rings (SSSR count). The van der Waals surface area contributed by atoms with Crippen molar-refractivity contribution < 1.29 is 9.90 Å². The smallest absolute Gasteiger partial charge is 0.157 e. The van der Waals surface area contributed by atoms with Gasteiger partial charge in [0.15, 0.2) is 5.78 Å². The molecule has 184 valence electrons. The van der Waals surface area contributed by atoms with Gasteiger partial charge in [-0.3, -0.25) is 9.48 Å². The minimum atomic E-state index is -0.466. The van der Waals surface area contributed by atoms with E-state index in [4.69, 9.17) is 0 Å². The number of fused-ring (bicyclic) bond motifs is 5. The standard InChI is InChI=1S/C29H41N3O2/c1-17-12-24(25(33)16-32-15-20(14-30)27(31-32)18-4-5-18)29(3)11-9-22-21-8-10-28(2,34)13-19(21)6-7-23(22)26(17)29/h15,17-19,21-24,26,34H,4-13,16H2,1-3H3/t17?,19-,21+,22-,23?,24-,26+,28-,29-/m1/s1. The van der Waals surface area contributed by atoms with E-state index >= 15 is 0 Å². The van der Waals surface area contributed by atoms with Crippen LogP contribution in [-0.2, 0) is 11.3 Å². The first-order valence-electron chi connectivity index (χ1n) is 13.9. The zero-order chi connectivity index (χ0) is 23.8. The first-order chi connectivity index (χ1) is 16.2. The first-order valence-corrected chi connectivity index (χ1v) is 13.9. The number of carbonyl (C=O) groups is 1. The molecule has 5 aliphatic rings. The van der Waals surface area contributed by atoms with Crippen LogP contribution in [0.1, 0.15) is 102 Å². The molecule has 5 aliphatic carbocycles. The average molecular weight is 464 g/mol. The molecule has 1 aromatic heterocycles. The number of hydrogen-bond donors (Lipinski definition) is 1. The van der Waals surface area contributed by atoms with Crippen molar-refractivity contribution in [3.8, 4) is 6.07 Å². The number of ketones is 1. The first kappa shape index (κ1) is 22.8.